The molecule has 0 amide bonds. The molecule has 0 heterocycles. The number of hydrogen-bond donors (Lipinski definition) is 3. The third-order valence-electron chi connectivity index (χ3n) is 3.08. The molecule has 0 aliphatic rings. The van der Waals surface area contributed by atoms with Gasteiger partial charge in [0.1, 0.15) is 0 Å². The smallest absolute Gasteiger partial charge is 0.0945 e. The Morgan fingerprint density at radius 2 is 2.00 bits per heavy atom. The lowest BCUT2D eigenvalue weighted by molar-refractivity contribution is 0.121. The van der Waals surface area contributed by atoms with Gasteiger partial charge in [-0.2, -0.15) is 0 Å². The van der Waals surface area contributed by atoms with Gasteiger partial charge in [-0.25, -0.2) is 0 Å². The zero-order chi connectivity index (χ0) is 12.8. The lowest BCUT2D eigenvalue weighted by Gasteiger charge is -2.24. The van der Waals surface area contributed by atoms with E-state index in [4.69, 9.17) is 5.11 Å². The Hall–Kier alpha value is -0.900. The standard InChI is InChI=1S/C14H23NO2/c1-4-13(15-7-8-16)14(17)12-6-5-10(2)9-11(12)3/h5-6,9,13-17H,4,7-8H2,1-3H3. The van der Waals surface area contributed by atoms with Gasteiger partial charge in [0.15, 0.2) is 0 Å². The van der Waals surface area contributed by atoms with Crippen LogP contribution in [0.5, 0.6) is 0 Å². The largest absolute Gasteiger partial charge is 0.395 e. The quantitative estimate of drug-likeness (QED) is 0.706. The average Bonchev–Trinajstić information content (AvgIpc) is 2.29. The highest BCUT2D eigenvalue weighted by Crippen LogP contribution is 2.23. The first-order valence-electron chi connectivity index (χ1n) is 6.19. The van der Waals surface area contributed by atoms with E-state index < -0.39 is 6.10 Å². The average molecular weight is 237 g/mol. The van der Waals surface area contributed by atoms with Crippen molar-refractivity contribution in [3.63, 3.8) is 0 Å². The van der Waals surface area contributed by atoms with Crippen molar-refractivity contribution in [3.05, 3.63) is 34.9 Å². The minimum absolute atomic E-state index is 0.0106. The number of aliphatic hydroxyl groups is 2. The molecule has 1 rings (SSSR count). The fraction of sp³-hybridized carbons (Fsp3) is 0.571. The minimum Gasteiger partial charge on any atom is -0.395 e. The van der Waals surface area contributed by atoms with Crippen molar-refractivity contribution >= 4 is 0 Å². The molecule has 0 bridgehead atoms. The van der Waals surface area contributed by atoms with Crippen molar-refractivity contribution in [2.24, 2.45) is 0 Å². The first-order valence-corrected chi connectivity index (χ1v) is 6.19. The third kappa shape index (κ3) is 3.80. The molecule has 1 aromatic carbocycles. The molecule has 3 N–H and O–H groups in total. The van der Waals surface area contributed by atoms with Crippen molar-refractivity contribution in [2.75, 3.05) is 13.2 Å². The molecule has 2 unspecified atom stereocenters. The van der Waals surface area contributed by atoms with Crippen LogP contribution in [0.1, 0.15) is 36.1 Å². The molecule has 96 valence electrons. The van der Waals surface area contributed by atoms with E-state index >= 15 is 0 Å². The fourth-order valence-corrected chi connectivity index (χ4v) is 2.10. The maximum atomic E-state index is 10.3. The van der Waals surface area contributed by atoms with E-state index in [2.05, 4.69) is 11.4 Å². The zero-order valence-electron chi connectivity index (χ0n) is 10.9. The summed E-state index contributed by atoms with van der Waals surface area (Å²) < 4.78 is 0. The van der Waals surface area contributed by atoms with Crippen molar-refractivity contribution < 1.29 is 10.2 Å². The molecule has 1 aromatic rings. The van der Waals surface area contributed by atoms with E-state index in [1.54, 1.807) is 0 Å². The summed E-state index contributed by atoms with van der Waals surface area (Å²) in [4.78, 5) is 0. The Kier molecular flexibility index (Phi) is 5.62. The predicted molar refractivity (Wildman–Crippen MR) is 70.0 cm³/mol. The van der Waals surface area contributed by atoms with Crippen LogP contribution < -0.4 is 5.32 Å². The highest BCUT2D eigenvalue weighted by Gasteiger charge is 2.19. The van der Waals surface area contributed by atoms with Crippen LogP contribution in [0.2, 0.25) is 0 Å². The van der Waals surface area contributed by atoms with Crippen LogP contribution >= 0.6 is 0 Å². The molecule has 0 aliphatic heterocycles. The van der Waals surface area contributed by atoms with Crippen molar-refractivity contribution in [2.45, 2.75) is 39.3 Å². The van der Waals surface area contributed by atoms with Crippen LogP contribution in [0.4, 0.5) is 0 Å². The van der Waals surface area contributed by atoms with E-state index in [0.717, 1.165) is 17.5 Å². The van der Waals surface area contributed by atoms with Gasteiger partial charge in [-0.05, 0) is 31.4 Å². The van der Waals surface area contributed by atoms with E-state index in [9.17, 15) is 5.11 Å². The van der Waals surface area contributed by atoms with Crippen molar-refractivity contribution in [1.29, 1.82) is 0 Å². The second-order valence-corrected chi connectivity index (χ2v) is 4.50. The van der Waals surface area contributed by atoms with Crippen LogP contribution in [-0.2, 0) is 0 Å². The molecule has 0 saturated heterocycles. The fourth-order valence-electron chi connectivity index (χ4n) is 2.10. The summed E-state index contributed by atoms with van der Waals surface area (Å²) in [6, 6.07) is 6.07. The Morgan fingerprint density at radius 1 is 1.29 bits per heavy atom. The molecule has 3 nitrogen and oxygen atoms in total. The monoisotopic (exact) mass is 237 g/mol. The van der Waals surface area contributed by atoms with Crippen LogP contribution in [0.15, 0.2) is 18.2 Å². The number of nitrogens with one attached hydrogen (secondary N) is 1. The van der Waals surface area contributed by atoms with Gasteiger partial charge in [0.25, 0.3) is 0 Å². The molecular weight excluding hydrogens is 214 g/mol. The second kappa shape index (κ2) is 6.74. The molecule has 0 spiro atoms. The summed E-state index contributed by atoms with van der Waals surface area (Å²) in [5, 5.41) is 22.3. The van der Waals surface area contributed by atoms with Gasteiger partial charge in [-0.1, -0.05) is 30.7 Å². The van der Waals surface area contributed by atoms with Gasteiger partial charge in [0.05, 0.1) is 12.7 Å². The molecule has 17 heavy (non-hydrogen) atoms. The van der Waals surface area contributed by atoms with Gasteiger partial charge < -0.3 is 15.5 Å². The van der Waals surface area contributed by atoms with Gasteiger partial charge >= 0.3 is 0 Å². The summed E-state index contributed by atoms with van der Waals surface area (Å²) in [7, 11) is 0. The summed E-state index contributed by atoms with van der Waals surface area (Å²) >= 11 is 0. The van der Waals surface area contributed by atoms with Gasteiger partial charge in [0.2, 0.25) is 0 Å². The number of aryl methyl sites for hydroxylation is 2. The Labute approximate surface area is 103 Å². The number of rotatable bonds is 6. The van der Waals surface area contributed by atoms with E-state index in [0.29, 0.717) is 6.54 Å². The Bertz CT molecular complexity index is 352. The Balaban J connectivity index is 2.81. The van der Waals surface area contributed by atoms with Crippen molar-refractivity contribution in [3.8, 4) is 0 Å². The molecule has 0 saturated carbocycles. The number of benzene rings is 1. The van der Waals surface area contributed by atoms with Crippen LogP contribution in [0.25, 0.3) is 0 Å². The van der Waals surface area contributed by atoms with E-state index in [1.807, 2.05) is 32.9 Å². The van der Waals surface area contributed by atoms with Crippen molar-refractivity contribution in [1.82, 2.24) is 5.32 Å². The Morgan fingerprint density at radius 3 is 2.53 bits per heavy atom. The topological polar surface area (TPSA) is 52.5 Å². The minimum atomic E-state index is -0.521. The molecule has 0 radical (unpaired) electrons. The van der Waals surface area contributed by atoms with Gasteiger partial charge in [-0.15, -0.1) is 0 Å². The molecular formula is C14H23NO2. The molecule has 0 aromatic heterocycles. The number of aliphatic hydroxyl groups excluding tert-OH is 2. The summed E-state index contributed by atoms with van der Waals surface area (Å²) in [5.41, 5.74) is 3.28. The lowest BCUT2D eigenvalue weighted by atomic mass is 9.95. The van der Waals surface area contributed by atoms with E-state index in [-0.39, 0.29) is 12.6 Å². The molecule has 2 atom stereocenters. The summed E-state index contributed by atoms with van der Waals surface area (Å²) in [6.45, 7) is 6.70. The maximum absolute atomic E-state index is 10.3. The summed E-state index contributed by atoms with van der Waals surface area (Å²) in [5.74, 6) is 0. The number of hydrogen-bond acceptors (Lipinski definition) is 3. The normalized spacial score (nSPS) is 14.6. The van der Waals surface area contributed by atoms with Gasteiger partial charge in [0, 0.05) is 12.6 Å². The molecule has 0 fully saturated rings. The SMILES string of the molecule is CCC(NCCO)C(O)c1ccc(C)cc1C. The second-order valence-electron chi connectivity index (χ2n) is 4.50. The summed E-state index contributed by atoms with van der Waals surface area (Å²) in [6.07, 6.45) is 0.307. The first kappa shape index (κ1) is 14.2. The lowest BCUT2D eigenvalue weighted by Crippen LogP contribution is -2.36. The zero-order valence-corrected chi connectivity index (χ0v) is 10.9. The van der Waals surface area contributed by atoms with Crippen LogP contribution in [0, 0.1) is 13.8 Å². The van der Waals surface area contributed by atoms with Crippen LogP contribution in [-0.4, -0.2) is 29.4 Å². The molecule has 0 aliphatic carbocycles. The maximum Gasteiger partial charge on any atom is 0.0945 e. The molecule has 3 heteroatoms. The highest BCUT2D eigenvalue weighted by molar-refractivity contribution is 5.32. The first-order chi connectivity index (χ1) is 8.10. The van der Waals surface area contributed by atoms with Crippen LogP contribution in [0.3, 0.4) is 0 Å². The third-order valence-corrected chi connectivity index (χ3v) is 3.08. The van der Waals surface area contributed by atoms with E-state index in [1.165, 1.54) is 5.56 Å². The highest BCUT2D eigenvalue weighted by atomic mass is 16.3. The van der Waals surface area contributed by atoms with Gasteiger partial charge in [-0.3, -0.25) is 0 Å². The predicted octanol–water partition coefficient (Wildman–Crippen LogP) is 1.70.